The number of fused-ring (bicyclic) bond motifs is 1. The van der Waals surface area contributed by atoms with E-state index >= 15 is 0 Å². The Kier molecular flexibility index (Phi) is 3.99. The molecule has 28 heavy (non-hydrogen) atoms. The second kappa shape index (κ2) is 6.15. The molecule has 0 amide bonds. The molecule has 0 atom stereocenters. The second-order valence-electron chi connectivity index (χ2n) is 5.74. The maximum atomic E-state index is 13.2. The van der Waals surface area contributed by atoms with Crippen molar-refractivity contribution in [1.29, 1.82) is 0 Å². The molecule has 0 unspecified atom stereocenters. The number of pyridine rings is 1. The van der Waals surface area contributed by atoms with E-state index in [2.05, 4.69) is 36.8 Å². The van der Waals surface area contributed by atoms with Crippen molar-refractivity contribution in [2.45, 2.75) is 11.2 Å². The molecule has 0 saturated heterocycles. The van der Waals surface area contributed by atoms with Crippen molar-refractivity contribution < 1.29 is 21.6 Å². The topological polar surface area (TPSA) is 150 Å². The molecule has 146 valence electrons. The third-order valence-corrected chi connectivity index (χ3v) is 4.82. The van der Waals surface area contributed by atoms with Crippen LogP contribution < -0.4 is 21.6 Å². The van der Waals surface area contributed by atoms with E-state index in [1.807, 2.05) is 0 Å². The summed E-state index contributed by atoms with van der Waals surface area (Å²) in [6.45, 7) is 0. The molecule has 1 aromatic carbocycles. The number of primary sulfonamides is 1. The molecule has 14 heteroatoms. The van der Waals surface area contributed by atoms with Gasteiger partial charge in [0.05, 0.1) is 11.1 Å². The predicted molar refractivity (Wildman–Crippen MR) is 91.6 cm³/mol. The van der Waals surface area contributed by atoms with Crippen molar-refractivity contribution in [3.63, 3.8) is 0 Å². The zero-order chi connectivity index (χ0) is 20.1. The highest BCUT2D eigenvalue weighted by molar-refractivity contribution is 7.89. The summed E-state index contributed by atoms with van der Waals surface area (Å²) in [5.74, 6) is 0.0514. The Morgan fingerprint density at radius 2 is 1.93 bits per heavy atom. The zero-order valence-corrected chi connectivity index (χ0v) is 14.5. The molecular formula is C14H11F3N8O2S. The number of aromatic amines is 1. The number of nitrogens with two attached hydrogens (primary N) is 1. The number of hydrazone groups is 1. The predicted octanol–water partition coefficient (Wildman–Crippen LogP) is 0.565. The van der Waals surface area contributed by atoms with Gasteiger partial charge in [0.2, 0.25) is 0 Å². The first kappa shape index (κ1) is 18.1. The quantitative estimate of drug-likeness (QED) is 0.422. The Balaban J connectivity index is 1.99. The van der Waals surface area contributed by atoms with E-state index in [0.717, 1.165) is 0 Å². The summed E-state index contributed by atoms with van der Waals surface area (Å²) in [5.41, 5.74) is 7.07. The van der Waals surface area contributed by atoms with Crippen LogP contribution in [0.15, 0.2) is 40.6 Å². The average Bonchev–Trinajstić information content (AvgIpc) is 3.29. The molecule has 0 fully saturated rings. The van der Waals surface area contributed by atoms with Crippen LogP contribution in [0.3, 0.4) is 0 Å². The molecule has 10 nitrogen and oxygen atoms in total. The van der Waals surface area contributed by atoms with Crippen LogP contribution in [0.4, 0.5) is 13.2 Å². The average molecular weight is 412 g/mol. The summed E-state index contributed by atoms with van der Waals surface area (Å²) in [7, 11) is -4.25. The molecule has 6 N–H and O–H groups in total. The normalized spacial score (nSPS) is 14.6. The standard InChI is InChI=1S/C14H11F3N8O2S/c15-14(16,17)11-8-5-6(1-2-9(8)20-21-11)7-3-4-19-13(28(18,26)27)10(7)12-22-24-25-23-12/h1-5,24-25H,(H,20,21)(H,22,23)(H2,18,26,27). The monoisotopic (exact) mass is 412 g/mol. The molecule has 3 aromatic rings. The van der Waals surface area contributed by atoms with Crippen molar-refractivity contribution >= 4 is 26.8 Å². The van der Waals surface area contributed by atoms with E-state index in [4.69, 9.17) is 5.14 Å². The van der Waals surface area contributed by atoms with Gasteiger partial charge in [-0.15, -0.1) is 10.6 Å². The number of nitrogens with one attached hydrogen (secondary N) is 4. The van der Waals surface area contributed by atoms with Crippen LogP contribution in [0.25, 0.3) is 22.0 Å². The maximum absolute atomic E-state index is 13.2. The highest BCUT2D eigenvalue weighted by atomic mass is 32.2. The van der Waals surface area contributed by atoms with Crippen LogP contribution in [0.2, 0.25) is 0 Å². The molecular weight excluding hydrogens is 401 g/mol. The van der Waals surface area contributed by atoms with Crippen molar-refractivity contribution in [2.24, 2.45) is 10.2 Å². The van der Waals surface area contributed by atoms with Crippen LogP contribution in [-0.2, 0) is 16.2 Å². The molecule has 0 radical (unpaired) electrons. The number of hydrogen-bond donors (Lipinski definition) is 5. The minimum Gasteiger partial charge on any atom is -0.285 e. The number of aromatic nitrogens is 3. The summed E-state index contributed by atoms with van der Waals surface area (Å²) in [6.07, 6.45) is -3.46. The third-order valence-electron chi connectivity index (χ3n) is 3.97. The number of sulfonamides is 1. The van der Waals surface area contributed by atoms with E-state index in [1.165, 1.54) is 30.5 Å². The number of alkyl halides is 3. The molecule has 2 aromatic heterocycles. The van der Waals surface area contributed by atoms with E-state index in [-0.39, 0.29) is 33.4 Å². The number of rotatable bonds is 3. The Morgan fingerprint density at radius 3 is 2.57 bits per heavy atom. The van der Waals surface area contributed by atoms with Gasteiger partial charge in [-0.25, -0.2) is 24.1 Å². The highest BCUT2D eigenvalue weighted by Gasteiger charge is 2.36. The Labute approximate surface area is 155 Å². The number of nitrogens with zero attached hydrogens (tertiary/aromatic N) is 3. The Hall–Kier alpha value is -3.23. The van der Waals surface area contributed by atoms with Crippen molar-refractivity contribution in [2.75, 3.05) is 0 Å². The van der Waals surface area contributed by atoms with Crippen LogP contribution in [0.5, 0.6) is 0 Å². The van der Waals surface area contributed by atoms with Crippen LogP contribution in [0, 0.1) is 0 Å². The van der Waals surface area contributed by atoms with Crippen LogP contribution >= 0.6 is 0 Å². The smallest absolute Gasteiger partial charge is 0.285 e. The summed E-state index contributed by atoms with van der Waals surface area (Å²) in [5, 5.41) is 14.1. The van der Waals surface area contributed by atoms with Crippen LogP contribution in [-0.4, -0.2) is 29.4 Å². The summed E-state index contributed by atoms with van der Waals surface area (Å²) in [4.78, 5) is 3.80. The van der Waals surface area contributed by atoms with E-state index in [9.17, 15) is 21.6 Å². The van der Waals surface area contributed by atoms with E-state index in [0.29, 0.717) is 0 Å². The lowest BCUT2D eigenvalue weighted by atomic mass is 9.99. The number of halogens is 3. The highest BCUT2D eigenvalue weighted by Crippen LogP contribution is 2.36. The zero-order valence-electron chi connectivity index (χ0n) is 13.7. The fraction of sp³-hybridized carbons (Fsp3) is 0.0714. The number of hydrazine groups is 2. The van der Waals surface area contributed by atoms with Crippen LogP contribution in [0.1, 0.15) is 11.3 Å². The molecule has 0 bridgehead atoms. The molecule has 3 heterocycles. The lowest BCUT2D eigenvalue weighted by Crippen LogP contribution is -2.36. The Morgan fingerprint density at radius 1 is 1.14 bits per heavy atom. The van der Waals surface area contributed by atoms with Gasteiger partial charge in [0.25, 0.3) is 10.0 Å². The Bertz CT molecular complexity index is 1220. The summed E-state index contributed by atoms with van der Waals surface area (Å²) in [6, 6.07) is 5.63. The summed E-state index contributed by atoms with van der Waals surface area (Å²) >= 11 is 0. The second-order valence-corrected chi connectivity index (χ2v) is 7.21. The lowest BCUT2D eigenvalue weighted by Gasteiger charge is -2.13. The summed E-state index contributed by atoms with van der Waals surface area (Å²) < 4.78 is 63.5. The van der Waals surface area contributed by atoms with Crippen molar-refractivity contribution in [3.8, 4) is 11.1 Å². The number of hydrogen-bond acceptors (Lipinski definition) is 8. The van der Waals surface area contributed by atoms with Gasteiger partial charge in [-0.2, -0.15) is 18.3 Å². The van der Waals surface area contributed by atoms with Crippen molar-refractivity contribution in [1.82, 2.24) is 31.7 Å². The van der Waals surface area contributed by atoms with Gasteiger partial charge >= 0.3 is 6.18 Å². The fourth-order valence-electron chi connectivity index (χ4n) is 2.84. The van der Waals surface area contributed by atoms with Gasteiger partial charge in [-0.3, -0.25) is 10.5 Å². The molecule has 0 saturated carbocycles. The molecule has 0 aliphatic carbocycles. The first-order valence-electron chi connectivity index (χ1n) is 7.58. The maximum Gasteiger partial charge on any atom is 0.435 e. The largest absolute Gasteiger partial charge is 0.435 e. The number of H-pyrrole nitrogens is 1. The molecule has 1 aliphatic rings. The number of benzene rings is 1. The van der Waals surface area contributed by atoms with E-state index < -0.39 is 26.9 Å². The third kappa shape index (κ3) is 3.02. The van der Waals surface area contributed by atoms with E-state index in [1.54, 1.807) is 0 Å². The molecule has 1 aliphatic heterocycles. The minimum atomic E-state index is -4.66. The molecule has 0 spiro atoms. The van der Waals surface area contributed by atoms with Gasteiger partial charge in [-0.05, 0) is 29.3 Å². The van der Waals surface area contributed by atoms with Gasteiger partial charge in [0.15, 0.2) is 16.6 Å². The van der Waals surface area contributed by atoms with Gasteiger partial charge < -0.3 is 0 Å². The van der Waals surface area contributed by atoms with Gasteiger partial charge in [0, 0.05) is 11.6 Å². The van der Waals surface area contributed by atoms with Gasteiger partial charge in [0.1, 0.15) is 0 Å². The van der Waals surface area contributed by atoms with Crippen molar-refractivity contribution in [3.05, 3.63) is 41.7 Å². The fourth-order valence-corrected chi connectivity index (χ4v) is 3.54. The number of amidine groups is 1. The van der Waals surface area contributed by atoms with Gasteiger partial charge in [-0.1, -0.05) is 6.07 Å². The first-order valence-corrected chi connectivity index (χ1v) is 9.12. The molecule has 4 rings (SSSR count). The lowest BCUT2D eigenvalue weighted by molar-refractivity contribution is -0.139. The SMILES string of the molecule is NS(=O)(=O)c1nccc(-c2ccc3[nH]nc(C(F)(F)F)c3c2)c1C1=NNNN1. The first-order chi connectivity index (χ1) is 13.2. The minimum absolute atomic E-state index is 0.00102.